The van der Waals surface area contributed by atoms with E-state index in [-0.39, 0.29) is 35.9 Å². The number of fused-ring (bicyclic) bond motifs is 1. The Morgan fingerprint density at radius 3 is 2.05 bits per heavy atom. The Hall–Kier alpha value is -2.50. The van der Waals surface area contributed by atoms with Crippen molar-refractivity contribution in [1.82, 2.24) is 4.90 Å². The van der Waals surface area contributed by atoms with Crippen molar-refractivity contribution >= 4 is 17.5 Å². The molecule has 0 radical (unpaired) electrons. The molecule has 1 heterocycles. The third-order valence-corrected chi connectivity index (χ3v) is 4.09. The molecule has 0 spiro atoms. The summed E-state index contributed by atoms with van der Waals surface area (Å²) in [6.07, 6.45) is 5.13. The zero-order valence-electron chi connectivity index (χ0n) is 11.3. The van der Waals surface area contributed by atoms with Gasteiger partial charge in [-0.2, -0.15) is 0 Å². The van der Waals surface area contributed by atoms with Crippen LogP contribution in [0.15, 0.2) is 36.4 Å². The lowest BCUT2D eigenvalue weighted by Crippen LogP contribution is -2.30. The van der Waals surface area contributed by atoms with Gasteiger partial charge in [-0.15, -0.1) is 0 Å². The molecular formula is C15H14N2O4. The van der Waals surface area contributed by atoms with Crippen LogP contribution in [0.1, 0.15) is 18.4 Å². The lowest BCUT2D eigenvalue weighted by molar-refractivity contribution is -0.384. The van der Waals surface area contributed by atoms with Crippen LogP contribution in [0.25, 0.3) is 0 Å². The molecular weight excluding hydrogens is 272 g/mol. The number of carbonyl (C=O) groups is 2. The molecule has 3 rings (SSSR count). The Bertz CT molecular complexity index is 610. The Balaban J connectivity index is 1.77. The van der Waals surface area contributed by atoms with Crippen molar-refractivity contribution in [2.75, 3.05) is 0 Å². The number of nitro groups is 1. The molecule has 1 saturated heterocycles. The molecule has 0 N–H and O–H groups in total. The van der Waals surface area contributed by atoms with Crippen LogP contribution in [-0.2, 0) is 16.1 Å². The van der Waals surface area contributed by atoms with E-state index in [4.69, 9.17) is 0 Å². The van der Waals surface area contributed by atoms with Crippen LogP contribution in [0, 0.1) is 22.0 Å². The number of rotatable bonds is 3. The number of hydrogen-bond acceptors (Lipinski definition) is 4. The number of hydrogen-bond donors (Lipinski definition) is 0. The van der Waals surface area contributed by atoms with Gasteiger partial charge in [-0.05, 0) is 18.4 Å². The summed E-state index contributed by atoms with van der Waals surface area (Å²) >= 11 is 0. The number of allylic oxidation sites excluding steroid dienone is 2. The van der Waals surface area contributed by atoms with Gasteiger partial charge < -0.3 is 0 Å². The highest BCUT2D eigenvalue weighted by molar-refractivity contribution is 6.05. The summed E-state index contributed by atoms with van der Waals surface area (Å²) in [5, 5.41) is 10.6. The molecule has 21 heavy (non-hydrogen) atoms. The lowest BCUT2D eigenvalue weighted by atomic mass is 9.85. The number of nitrogens with zero attached hydrogens (tertiary/aromatic N) is 2. The van der Waals surface area contributed by atoms with Gasteiger partial charge in [0.15, 0.2) is 0 Å². The SMILES string of the molecule is O=C1[C@@H]2CC=CC[C@H]2C(=O)N1Cc1ccc([N+](=O)[O-])cc1. The number of non-ortho nitro benzene ring substituents is 1. The molecule has 2 amide bonds. The molecule has 1 aliphatic carbocycles. The van der Waals surface area contributed by atoms with Crippen LogP contribution in [0.4, 0.5) is 5.69 Å². The fraction of sp³-hybridized carbons (Fsp3) is 0.333. The van der Waals surface area contributed by atoms with E-state index in [0.29, 0.717) is 18.4 Å². The summed E-state index contributed by atoms with van der Waals surface area (Å²) < 4.78 is 0. The largest absolute Gasteiger partial charge is 0.278 e. The standard InChI is InChI=1S/C15H14N2O4/c18-14-12-3-1-2-4-13(12)15(19)16(14)9-10-5-7-11(8-6-10)17(20)21/h1-2,5-8,12-13H,3-4,9H2/t12-,13-/m1/s1. The van der Waals surface area contributed by atoms with Crippen LogP contribution in [0.2, 0.25) is 0 Å². The highest BCUT2D eigenvalue weighted by Gasteiger charge is 2.46. The molecule has 2 atom stereocenters. The first-order valence-corrected chi connectivity index (χ1v) is 6.81. The normalized spacial score (nSPS) is 24.3. The van der Waals surface area contributed by atoms with Gasteiger partial charge in [0.25, 0.3) is 5.69 Å². The topological polar surface area (TPSA) is 80.5 Å². The minimum absolute atomic E-state index is 0.00399. The highest BCUT2D eigenvalue weighted by atomic mass is 16.6. The van der Waals surface area contributed by atoms with E-state index in [1.807, 2.05) is 12.2 Å². The van der Waals surface area contributed by atoms with Crippen molar-refractivity contribution in [3.63, 3.8) is 0 Å². The molecule has 1 aliphatic heterocycles. The van der Waals surface area contributed by atoms with E-state index in [0.717, 1.165) is 0 Å². The zero-order valence-corrected chi connectivity index (χ0v) is 11.3. The summed E-state index contributed by atoms with van der Waals surface area (Å²) in [6, 6.07) is 5.93. The quantitative estimate of drug-likeness (QED) is 0.368. The van der Waals surface area contributed by atoms with Crippen LogP contribution in [0.3, 0.4) is 0 Å². The number of amides is 2. The lowest BCUT2D eigenvalue weighted by Gasteiger charge is -2.14. The maximum Gasteiger partial charge on any atom is 0.269 e. The molecule has 1 aromatic rings. The van der Waals surface area contributed by atoms with Gasteiger partial charge >= 0.3 is 0 Å². The highest BCUT2D eigenvalue weighted by Crippen LogP contribution is 2.35. The third kappa shape index (κ3) is 2.33. The van der Waals surface area contributed by atoms with Gasteiger partial charge in [0.05, 0.1) is 23.3 Å². The number of nitro benzene ring substituents is 1. The first-order valence-electron chi connectivity index (χ1n) is 6.81. The Morgan fingerprint density at radius 2 is 1.57 bits per heavy atom. The van der Waals surface area contributed by atoms with Gasteiger partial charge in [0.1, 0.15) is 0 Å². The second-order valence-electron chi connectivity index (χ2n) is 5.34. The minimum atomic E-state index is -0.476. The molecule has 0 bridgehead atoms. The molecule has 0 unspecified atom stereocenters. The summed E-state index contributed by atoms with van der Waals surface area (Å²) in [7, 11) is 0. The third-order valence-electron chi connectivity index (χ3n) is 4.09. The van der Waals surface area contributed by atoms with Crippen molar-refractivity contribution < 1.29 is 14.5 Å². The second kappa shape index (κ2) is 5.12. The Kier molecular flexibility index (Phi) is 3.29. The monoisotopic (exact) mass is 286 g/mol. The van der Waals surface area contributed by atoms with Gasteiger partial charge in [0.2, 0.25) is 11.8 Å². The van der Waals surface area contributed by atoms with Crippen molar-refractivity contribution in [1.29, 1.82) is 0 Å². The fourth-order valence-corrected chi connectivity index (χ4v) is 2.93. The van der Waals surface area contributed by atoms with E-state index < -0.39 is 4.92 Å². The first-order chi connectivity index (χ1) is 10.1. The van der Waals surface area contributed by atoms with Crippen molar-refractivity contribution in [3.8, 4) is 0 Å². The van der Waals surface area contributed by atoms with E-state index in [1.54, 1.807) is 12.1 Å². The number of likely N-dealkylation sites (tertiary alicyclic amines) is 1. The van der Waals surface area contributed by atoms with E-state index in [9.17, 15) is 19.7 Å². The van der Waals surface area contributed by atoms with Gasteiger partial charge in [-0.1, -0.05) is 24.3 Å². The second-order valence-corrected chi connectivity index (χ2v) is 5.34. The Labute approximate surface area is 121 Å². The molecule has 2 aliphatic rings. The average molecular weight is 286 g/mol. The number of imide groups is 1. The van der Waals surface area contributed by atoms with E-state index >= 15 is 0 Å². The zero-order chi connectivity index (χ0) is 15.0. The molecule has 1 aromatic carbocycles. The van der Waals surface area contributed by atoms with Crippen molar-refractivity contribution in [3.05, 3.63) is 52.1 Å². The van der Waals surface area contributed by atoms with Crippen LogP contribution in [-0.4, -0.2) is 21.6 Å². The molecule has 6 heteroatoms. The molecule has 0 aromatic heterocycles. The molecule has 1 fully saturated rings. The van der Waals surface area contributed by atoms with Gasteiger partial charge in [-0.25, -0.2) is 0 Å². The maximum atomic E-state index is 12.3. The minimum Gasteiger partial charge on any atom is -0.278 e. The summed E-state index contributed by atoms with van der Waals surface area (Å²) in [6.45, 7) is 0.183. The summed E-state index contributed by atoms with van der Waals surface area (Å²) in [4.78, 5) is 36.0. The summed E-state index contributed by atoms with van der Waals surface area (Å²) in [5.41, 5.74) is 0.713. The molecule has 0 saturated carbocycles. The number of carbonyl (C=O) groups excluding carboxylic acids is 2. The van der Waals surface area contributed by atoms with E-state index in [2.05, 4.69) is 0 Å². The maximum absolute atomic E-state index is 12.3. The molecule has 108 valence electrons. The molecule has 6 nitrogen and oxygen atoms in total. The van der Waals surface area contributed by atoms with Crippen LogP contribution >= 0.6 is 0 Å². The van der Waals surface area contributed by atoms with Gasteiger partial charge in [-0.3, -0.25) is 24.6 Å². The number of benzene rings is 1. The van der Waals surface area contributed by atoms with E-state index in [1.165, 1.54) is 17.0 Å². The van der Waals surface area contributed by atoms with Gasteiger partial charge in [0, 0.05) is 12.1 Å². The first kappa shape index (κ1) is 13.5. The Morgan fingerprint density at radius 1 is 1.05 bits per heavy atom. The smallest absolute Gasteiger partial charge is 0.269 e. The van der Waals surface area contributed by atoms with Crippen molar-refractivity contribution in [2.45, 2.75) is 19.4 Å². The summed E-state index contributed by atoms with van der Waals surface area (Å²) in [5.74, 6) is -0.735. The predicted molar refractivity (Wildman–Crippen MR) is 74.0 cm³/mol. The predicted octanol–water partition coefficient (Wildman–Crippen LogP) is 2.05. The average Bonchev–Trinajstić information content (AvgIpc) is 2.73. The fourth-order valence-electron chi connectivity index (χ4n) is 2.93. The van der Waals surface area contributed by atoms with Crippen molar-refractivity contribution in [2.24, 2.45) is 11.8 Å². The van der Waals surface area contributed by atoms with Crippen LogP contribution in [0.5, 0.6) is 0 Å². The van der Waals surface area contributed by atoms with Crippen LogP contribution < -0.4 is 0 Å².